The van der Waals surface area contributed by atoms with Crippen LogP contribution in [-0.2, 0) is 6.42 Å². The Morgan fingerprint density at radius 1 is 1.45 bits per heavy atom. The molecule has 0 saturated carbocycles. The molecule has 0 saturated heterocycles. The maximum Gasteiger partial charge on any atom is 0.193 e. The third-order valence-electron chi connectivity index (χ3n) is 3.17. The minimum absolute atomic E-state index is 0.0694. The number of aromatic nitrogens is 2. The molecule has 0 radical (unpaired) electrons. The van der Waals surface area contributed by atoms with Gasteiger partial charge in [-0.1, -0.05) is 12.1 Å². The van der Waals surface area contributed by atoms with Gasteiger partial charge in [-0.05, 0) is 24.6 Å². The van der Waals surface area contributed by atoms with Crippen molar-refractivity contribution in [3.05, 3.63) is 53.3 Å². The van der Waals surface area contributed by atoms with Crippen LogP contribution in [0.3, 0.4) is 0 Å². The molecule has 1 unspecified atom stereocenters. The van der Waals surface area contributed by atoms with Gasteiger partial charge in [0.05, 0.1) is 12.3 Å². The summed E-state index contributed by atoms with van der Waals surface area (Å²) < 4.78 is 7.54. The number of nitrogens with zero attached hydrogens (tertiary/aromatic N) is 2. The van der Waals surface area contributed by atoms with Crippen LogP contribution in [0.25, 0.3) is 4.96 Å². The first kappa shape index (κ1) is 13.1. The van der Waals surface area contributed by atoms with E-state index in [0.29, 0.717) is 6.61 Å². The molecule has 0 bridgehead atoms. The van der Waals surface area contributed by atoms with Crippen LogP contribution in [0.1, 0.15) is 24.2 Å². The number of ether oxygens (including phenoxy) is 1. The molecule has 1 atom stereocenters. The van der Waals surface area contributed by atoms with Crippen LogP contribution < -0.4 is 10.5 Å². The summed E-state index contributed by atoms with van der Waals surface area (Å²) in [5, 5.41) is 2.03. The molecule has 0 aliphatic carbocycles. The zero-order chi connectivity index (χ0) is 13.9. The number of thiazole rings is 1. The second-order valence-electron chi connectivity index (χ2n) is 4.64. The number of imidazole rings is 1. The number of benzene rings is 1. The maximum absolute atomic E-state index is 6.28. The first-order valence-electron chi connectivity index (χ1n) is 6.65. The molecule has 0 aliphatic heterocycles. The Labute approximate surface area is 121 Å². The lowest BCUT2D eigenvalue weighted by Crippen LogP contribution is -2.13. The first-order valence-corrected chi connectivity index (χ1v) is 7.53. The number of rotatable bonds is 5. The number of hydrogen-bond acceptors (Lipinski definition) is 4. The molecule has 1 aromatic carbocycles. The van der Waals surface area contributed by atoms with E-state index in [-0.39, 0.29) is 6.04 Å². The lowest BCUT2D eigenvalue weighted by atomic mass is 10.0. The highest BCUT2D eigenvalue weighted by molar-refractivity contribution is 7.15. The topological polar surface area (TPSA) is 52.5 Å². The second kappa shape index (κ2) is 5.64. The molecule has 2 N–H and O–H groups in total. The van der Waals surface area contributed by atoms with Gasteiger partial charge in [0.1, 0.15) is 5.75 Å². The van der Waals surface area contributed by atoms with Gasteiger partial charge < -0.3 is 10.5 Å². The Morgan fingerprint density at radius 2 is 2.35 bits per heavy atom. The molecule has 0 fully saturated rings. The quantitative estimate of drug-likeness (QED) is 0.784. The third-order valence-corrected chi connectivity index (χ3v) is 3.94. The standard InChI is InChI=1S/C15H17N3OS/c1-2-19-13-5-3-4-11(8-13)14(16)9-12-10-18-6-7-20-15(18)17-12/h3-8,10,14H,2,9,16H2,1H3. The predicted molar refractivity (Wildman–Crippen MR) is 81.3 cm³/mol. The monoisotopic (exact) mass is 287 g/mol. The summed E-state index contributed by atoms with van der Waals surface area (Å²) >= 11 is 1.63. The molecule has 4 nitrogen and oxygen atoms in total. The average Bonchev–Trinajstić information content (AvgIpc) is 3.00. The van der Waals surface area contributed by atoms with E-state index < -0.39 is 0 Å². The smallest absolute Gasteiger partial charge is 0.193 e. The van der Waals surface area contributed by atoms with Crippen molar-refractivity contribution in [3.8, 4) is 5.75 Å². The van der Waals surface area contributed by atoms with E-state index in [9.17, 15) is 0 Å². The van der Waals surface area contributed by atoms with Crippen LogP contribution in [0.15, 0.2) is 42.0 Å². The zero-order valence-electron chi connectivity index (χ0n) is 11.3. The highest BCUT2D eigenvalue weighted by Crippen LogP contribution is 2.21. The summed E-state index contributed by atoms with van der Waals surface area (Å²) in [5.41, 5.74) is 8.38. The average molecular weight is 287 g/mol. The molecule has 5 heteroatoms. The zero-order valence-corrected chi connectivity index (χ0v) is 12.1. The van der Waals surface area contributed by atoms with E-state index in [1.165, 1.54) is 0 Å². The largest absolute Gasteiger partial charge is 0.494 e. The van der Waals surface area contributed by atoms with E-state index in [4.69, 9.17) is 10.5 Å². The van der Waals surface area contributed by atoms with Gasteiger partial charge in [-0.3, -0.25) is 4.40 Å². The van der Waals surface area contributed by atoms with Crippen molar-refractivity contribution in [2.45, 2.75) is 19.4 Å². The van der Waals surface area contributed by atoms with Gasteiger partial charge in [-0.15, -0.1) is 11.3 Å². The number of fused-ring (bicyclic) bond motifs is 1. The SMILES string of the molecule is CCOc1cccc(C(N)Cc2cn3ccsc3n2)c1. The summed E-state index contributed by atoms with van der Waals surface area (Å²) in [6.07, 6.45) is 4.78. The van der Waals surface area contributed by atoms with Crippen LogP contribution >= 0.6 is 11.3 Å². The van der Waals surface area contributed by atoms with E-state index in [1.54, 1.807) is 11.3 Å². The van der Waals surface area contributed by atoms with Crippen molar-refractivity contribution in [2.24, 2.45) is 5.73 Å². The lowest BCUT2D eigenvalue weighted by molar-refractivity contribution is 0.339. The van der Waals surface area contributed by atoms with Gasteiger partial charge in [0.25, 0.3) is 0 Å². The molecule has 3 aromatic rings. The summed E-state index contributed by atoms with van der Waals surface area (Å²) in [7, 11) is 0. The summed E-state index contributed by atoms with van der Waals surface area (Å²) in [6, 6.07) is 7.90. The Bertz CT molecular complexity index is 675. The van der Waals surface area contributed by atoms with E-state index in [1.807, 2.05) is 53.4 Å². The van der Waals surface area contributed by atoms with E-state index in [2.05, 4.69) is 4.98 Å². The normalized spacial score (nSPS) is 12.7. The van der Waals surface area contributed by atoms with Crippen LogP contribution in [-0.4, -0.2) is 16.0 Å². The Balaban J connectivity index is 1.76. The van der Waals surface area contributed by atoms with Gasteiger partial charge in [0, 0.05) is 30.2 Å². The summed E-state index contributed by atoms with van der Waals surface area (Å²) in [6.45, 7) is 2.64. The summed E-state index contributed by atoms with van der Waals surface area (Å²) in [4.78, 5) is 5.58. The third kappa shape index (κ3) is 2.69. The molecule has 0 aliphatic rings. The molecular weight excluding hydrogens is 270 g/mol. The van der Waals surface area contributed by atoms with Gasteiger partial charge in [-0.25, -0.2) is 4.98 Å². The highest BCUT2D eigenvalue weighted by Gasteiger charge is 2.11. The van der Waals surface area contributed by atoms with Crippen molar-refractivity contribution < 1.29 is 4.74 Å². The van der Waals surface area contributed by atoms with Gasteiger partial charge in [0.2, 0.25) is 0 Å². The van der Waals surface area contributed by atoms with Crippen molar-refractivity contribution in [3.63, 3.8) is 0 Å². The molecular formula is C15H17N3OS. The van der Waals surface area contributed by atoms with Crippen LogP contribution in [0, 0.1) is 0 Å². The molecule has 2 aromatic heterocycles. The van der Waals surface area contributed by atoms with Crippen LogP contribution in [0.4, 0.5) is 0 Å². The highest BCUT2D eigenvalue weighted by atomic mass is 32.1. The van der Waals surface area contributed by atoms with Crippen molar-refractivity contribution >= 4 is 16.3 Å². The molecule has 104 valence electrons. The van der Waals surface area contributed by atoms with Gasteiger partial charge >= 0.3 is 0 Å². The molecule has 3 rings (SSSR count). The van der Waals surface area contributed by atoms with Gasteiger partial charge in [-0.2, -0.15) is 0 Å². The minimum atomic E-state index is -0.0694. The van der Waals surface area contributed by atoms with Crippen molar-refractivity contribution in [1.82, 2.24) is 9.38 Å². The van der Waals surface area contributed by atoms with Crippen LogP contribution in [0.5, 0.6) is 5.75 Å². The van der Waals surface area contributed by atoms with Crippen molar-refractivity contribution in [1.29, 1.82) is 0 Å². The van der Waals surface area contributed by atoms with Crippen LogP contribution in [0.2, 0.25) is 0 Å². The first-order chi connectivity index (χ1) is 9.76. The van der Waals surface area contributed by atoms with E-state index in [0.717, 1.165) is 28.4 Å². The van der Waals surface area contributed by atoms with E-state index >= 15 is 0 Å². The Morgan fingerprint density at radius 3 is 3.15 bits per heavy atom. The lowest BCUT2D eigenvalue weighted by Gasteiger charge is -2.12. The molecule has 20 heavy (non-hydrogen) atoms. The fourth-order valence-corrected chi connectivity index (χ4v) is 2.94. The second-order valence-corrected chi connectivity index (χ2v) is 5.51. The maximum atomic E-state index is 6.28. The fourth-order valence-electron chi connectivity index (χ4n) is 2.22. The summed E-state index contributed by atoms with van der Waals surface area (Å²) in [5.74, 6) is 0.867. The number of nitrogens with two attached hydrogens (primary N) is 1. The predicted octanol–water partition coefficient (Wildman–Crippen LogP) is 3.04. The molecule has 0 spiro atoms. The fraction of sp³-hybridized carbons (Fsp3) is 0.267. The Kier molecular flexibility index (Phi) is 3.71. The number of hydrogen-bond donors (Lipinski definition) is 1. The van der Waals surface area contributed by atoms with Gasteiger partial charge in [0.15, 0.2) is 4.96 Å². The molecule has 2 heterocycles. The van der Waals surface area contributed by atoms with Crippen molar-refractivity contribution in [2.75, 3.05) is 6.61 Å². The molecule has 0 amide bonds. The Hall–Kier alpha value is -1.85. The minimum Gasteiger partial charge on any atom is -0.494 e.